The standard InChI is InChI=1S/C51H34N2/c1-31-11-7-12-32(27-31)33-13-8-14-36(28-33)52-45-21-6-4-16-38(45)41-29-34(23-25-46(41)52)35-24-26-47-42(30-35)40-18-9-20-44-50(40)53(47)48-22-10-17-39-37-15-3-5-19-43(37)51(44,2)49(39)48/h3-30H,1-2H3. The molecule has 53 heavy (non-hydrogen) atoms. The second-order valence-electron chi connectivity index (χ2n) is 15.1. The average molecular weight is 675 g/mol. The van der Waals surface area contributed by atoms with E-state index in [1.165, 1.54) is 111 Å². The highest BCUT2D eigenvalue weighted by atomic mass is 15.0. The zero-order valence-corrected chi connectivity index (χ0v) is 29.6. The van der Waals surface area contributed by atoms with Crippen molar-refractivity contribution in [3.05, 3.63) is 192 Å². The molecule has 8 aromatic carbocycles. The third-order valence-corrected chi connectivity index (χ3v) is 12.3. The van der Waals surface area contributed by atoms with Gasteiger partial charge in [-0.3, -0.25) is 0 Å². The topological polar surface area (TPSA) is 9.86 Å². The summed E-state index contributed by atoms with van der Waals surface area (Å²) in [4.78, 5) is 0. The molecule has 0 saturated heterocycles. The molecule has 0 radical (unpaired) electrons. The maximum Gasteiger partial charge on any atom is 0.0585 e. The Kier molecular flexibility index (Phi) is 5.60. The van der Waals surface area contributed by atoms with Crippen molar-refractivity contribution in [2.75, 3.05) is 0 Å². The number of hydrogen-bond donors (Lipinski definition) is 0. The van der Waals surface area contributed by atoms with Crippen LogP contribution >= 0.6 is 0 Å². The van der Waals surface area contributed by atoms with Crippen molar-refractivity contribution in [1.82, 2.24) is 9.13 Å². The summed E-state index contributed by atoms with van der Waals surface area (Å²) in [6.45, 7) is 4.59. The van der Waals surface area contributed by atoms with Crippen LogP contribution in [0.25, 0.3) is 88.4 Å². The Morgan fingerprint density at radius 2 is 1.02 bits per heavy atom. The fraction of sp³-hybridized carbons (Fsp3) is 0.0588. The lowest BCUT2D eigenvalue weighted by molar-refractivity contribution is 0.699. The van der Waals surface area contributed by atoms with E-state index in [2.05, 4.69) is 193 Å². The number of rotatable bonds is 3. The van der Waals surface area contributed by atoms with E-state index in [4.69, 9.17) is 0 Å². The summed E-state index contributed by atoms with van der Waals surface area (Å²) < 4.78 is 4.96. The summed E-state index contributed by atoms with van der Waals surface area (Å²) in [7, 11) is 0. The summed E-state index contributed by atoms with van der Waals surface area (Å²) in [5, 5.41) is 5.14. The van der Waals surface area contributed by atoms with Crippen molar-refractivity contribution in [3.63, 3.8) is 0 Å². The monoisotopic (exact) mass is 674 g/mol. The van der Waals surface area contributed by atoms with E-state index in [1.807, 2.05) is 0 Å². The first-order valence-corrected chi connectivity index (χ1v) is 18.6. The second-order valence-corrected chi connectivity index (χ2v) is 15.1. The number of hydrogen-bond acceptors (Lipinski definition) is 0. The number of benzene rings is 8. The maximum absolute atomic E-state index is 2.54. The van der Waals surface area contributed by atoms with Crippen LogP contribution < -0.4 is 0 Å². The van der Waals surface area contributed by atoms with Crippen LogP contribution in [0.2, 0.25) is 0 Å². The Morgan fingerprint density at radius 1 is 0.415 bits per heavy atom. The number of para-hydroxylation sites is 2. The van der Waals surface area contributed by atoms with E-state index in [1.54, 1.807) is 0 Å². The lowest BCUT2D eigenvalue weighted by Gasteiger charge is -2.35. The van der Waals surface area contributed by atoms with Gasteiger partial charge in [0, 0.05) is 32.6 Å². The third kappa shape index (κ3) is 3.72. The van der Waals surface area contributed by atoms with E-state index in [0.29, 0.717) is 0 Å². The van der Waals surface area contributed by atoms with Gasteiger partial charge in [-0.15, -0.1) is 0 Å². The van der Waals surface area contributed by atoms with Gasteiger partial charge >= 0.3 is 0 Å². The summed E-state index contributed by atoms with van der Waals surface area (Å²) in [6.07, 6.45) is 0. The van der Waals surface area contributed by atoms with Crippen LogP contribution in [-0.4, -0.2) is 9.13 Å². The molecule has 0 spiro atoms. The molecule has 12 rings (SSSR count). The number of nitrogens with zero attached hydrogens (tertiary/aromatic N) is 2. The summed E-state index contributed by atoms with van der Waals surface area (Å²) in [6, 6.07) is 63.5. The zero-order valence-electron chi connectivity index (χ0n) is 29.6. The van der Waals surface area contributed by atoms with Gasteiger partial charge in [0.15, 0.2) is 0 Å². The molecule has 248 valence electrons. The molecule has 10 aromatic rings. The molecule has 0 saturated carbocycles. The maximum atomic E-state index is 2.54. The molecule has 0 bridgehead atoms. The molecule has 0 fully saturated rings. The van der Waals surface area contributed by atoms with Gasteiger partial charge in [0.25, 0.3) is 0 Å². The second kappa shape index (κ2) is 10.2. The van der Waals surface area contributed by atoms with Gasteiger partial charge in [-0.05, 0) is 112 Å². The summed E-state index contributed by atoms with van der Waals surface area (Å²) in [5.41, 5.74) is 20.4. The molecular formula is C51H34N2. The lowest BCUT2D eigenvalue weighted by Crippen LogP contribution is -2.28. The Morgan fingerprint density at radius 3 is 1.87 bits per heavy atom. The number of fused-ring (bicyclic) bond motifs is 11. The number of aromatic nitrogens is 2. The van der Waals surface area contributed by atoms with Crippen LogP contribution in [0.4, 0.5) is 0 Å². The molecule has 2 heteroatoms. The predicted octanol–water partition coefficient (Wildman–Crippen LogP) is 13.2. The molecule has 2 aliphatic rings. The average Bonchev–Trinajstić information content (AvgIpc) is 3.82. The highest BCUT2D eigenvalue weighted by Crippen LogP contribution is 2.59. The van der Waals surface area contributed by atoms with Gasteiger partial charge in [-0.25, -0.2) is 0 Å². The van der Waals surface area contributed by atoms with Crippen molar-refractivity contribution in [3.8, 4) is 44.8 Å². The molecule has 2 aromatic heterocycles. The van der Waals surface area contributed by atoms with Gasteiger partial charge in [0.2, 0.25) is 0 Å². The highest BCUT2D eigenvalue weighted by Gasteiger charge is 2.46. The normalized spacial score (nSPS) is 15.4. The Hall–Kier alpha value is -6.64. The van der Waals surface area contributed by atoms with Crippen LogP contribution in [0.5, 0.6) is 0 Å². The summed E-state index contributed by atoms with van der Waals surface area (Å²) >= 11 is 0. The minimum atomic E-state index is -0.200. The van der Waals surface area contributed by atoms with Gasteiger partial charge in [0.05, 0.1) is 27.8 Å². The number of aryl methyl sites for hydroxylation is 1. The van der Waals surface area contributed by atoms with E-state index < -0.39 is 0 Å². The van der Waals surface area contributed by atoms with E-state index in [9.17, 15) is 0 Å². The van der Waals surface area contributed by atoms with Crippen molar-refractivity contribution < 1.29 is 0 Å². The first-order valence-electron chi connectivity index (χ1n) is 18.6. The van der Waals surface area contributed by atoms with Crippen LogP contribution in [0, 0.1) is 6.92 Å². The molecule has 1 unspecified atom stereocenters. The first kappa shape index (κ1) is 29.0. The van der Waals surface area contributed by atoms with Crippen LogP contribution in [-0.2, 0) is 5.41 Å². The molecule has 0 amide bonds. The molecule has 2 nitrogen and oxygen atoms in total. The molecule has 1 atom stereocenters. The van der Waals surface area contributed by atoms with Crippen LogP contribution in [0.1, 0.15) is 29.2 Å². The lowest BCUT2D eigenvalue weighted by atomic mass is 9.71. The molecule has 3 heterocycles. The van der Waals surface area contributed by atoms with E-state index >= 15 is 0 Å². The van der Waals surface area contributed by atoms with Crippen molar-refractivity contribution >= 4 is 43.6 Å². The SMILES string of the molecule is Cc1cccc(-c2cccc(-n3c4ccccc4c4cc(-c5ccc6c(c5)c5cccc7c5n6-c5cccc6c5C7(C)c5ccccc5-6)ccc43)c2)c1. The Bertz CT molecular complexity index is 3210. The minimum Gasteiger partial charge on any atom is -0.309 e. The largest absolute Gasteiger partial charge is 0.309 e. The molecule has 1 aliphatic heterocycles. The van der Waals surface area contributed by atoms with Crippen LogP contribution in [0.3, 0.4) is 0 Å². The molecular weight excluding hydrogens is 641 g/mol. The smallest absolute Gasteiger partial charge is 0.0585 e. The third-order valence-electron chi connectivity index (χ3n) is 12.3. The molecule has 0 N–H and O–H groups in total. The van der Waals surface area contributed by atoms with Gasteiger partial charge in [-0.2, -0.15) is 0 Å². The van der Waals surface area contributed by atoms with Crippen LogP contribution in [0.15, 0.2) is 170 Å². The van der Waals surface area contributed by atoms with E-state index in [0.717, 1.165) is 0 Å². The predicted molar refractivity (Wildman–Crippen MR) is 222 cm³/mol. The van der Waals surface area contributed by atoms with Crippen molar-refractivity contribution in [1.29, 1.82) is 0 Å². The first-order chi connectivity index (χ1) is 26.1. The quantitative estimate of drug-likeness (QED) is 0.177. The zero-order chi connectivity index (χ0) is 35.0. The van der Waals surface area contributed by atoms with Gasteiger partial charge in [0.1, 0.15) is 0 Å². The van der Waals surface area contributed by atoms with E-state index in [-0.39, 0.29) is 5.41 Å². The minimum absolute atomic E-state index is 0.200. The van der Waals surface area contributed by atoms with Gasteiger partial charge in [-0.1, -0.05) is 127 Å². The fourth-order valence-corrected chi connectivity index (χ4v) is 10.0. The van der Waals surface area contributed by atoms with Crippen molar-refractivity contribution in [2.45, 2.75) is 19.3 Å². The Labute approximate surface area is 307 Å². The fourth-order valence-electron chi connectivity index (χ4n) is 10.0. The van der Waals surface area contributed by atoms with Crippen molar-refractivity contribution in [2.24, 2.45) is 0 Å². The summed E-state index contributed by atoms with van der Waals surface area (Å²) in [5.74, 6) is 0. The Balaban J connectivity index is 1.05. The molecule has 1 aliphatic carbocycles. The highest BCUT2D eigenvalue weighted by molar-refractivity contribution is 6.15. The van der Waals surface area contributed by atoms with Gasteiger partial charge < -0.3 is 9.13 Å².